The molecule has 0 bridgehead atoms. The van der Waals surface area contributed by atoms with E-state index in [1.165, 1.54) is 0 Å². The fraction of sp³-hybridized carbons (Fsp3) is 1.00. The Labute approximate surface area is 113 Å². The van der Waals surface area contributed by atoms with Crippen molar-refractivity contribution in [2.75, 3.05) is 39.9 Å². The Morgan fingerprint density at radius 3 is 2.42 bits per heavy atom. The smallest absolute Gasteiger partial charge is 0.383 e. The molecule has 6 heteroatoms. The Bertz CT molecular complexity index is 236. The van der Waals surface area contributed by atoms with Gasteiger partial charge in [-0.25, -0.2) is 0 Å². The number of nitrogens with one attached hydrogen (secondary N) is 2. The molecular formula is C13H25F3N2O. The van der Waals surface area contributed by atoms with Crippen molar-refractivity contribution < 1.29 is 17.9 Å². The topological polar surface area (TPSA) is 33.3 Å². The molecule has 2 atom stereocenters. The van der Waals surface area contributed by atoms with Gasteiger partial charge in [0, 0.05) is 26.7 Å². The molecule has 0 heterocycles. The predicted molar refractivity (Wildman–Crippen MR) is 69.1 cm³/mol. The molecule has 0 amide bonds. The standard InChI is InChI=1S/C13H25F3N2O/c1-19-9-8-17-6-7-18-10-11-4-2-3-5-12(11)13(14,15)16/h11-12,17-18H,2-10H2,1H3. The Morgan fingerprint density at radius 1 is 1.05 bits per heavy atom. The van der Waals surface area contributed by atoms with E-state index < -0.39 is 12.1 Å². The van der Waals surface area contributed by atoms with Crippen molar-refractivity contribution in [3.05, 3.63) is 0 Å². The molecule has 1 aliphatic rings. The van der Waals surface area contributed by atoms with Gasteiger partial charge in [-0.2, -0.15) is 13.2 Å². The van der Waals surface area contributed by atoms with Gasteiger partial charge >= 0.3 is 6.18 Å². The number of halogens is 3. The quantitative estimate of drug-likeness (QED) is 0.670. The highest BCUT2D eigenvalue weighted by molar-refractivity contribution is 4.82. The van der Waals surface area contributed by atoms with Gasteiger partial charge in [-0.3, -0.25) is 0 Å². The average molecular weight is 282 g/mol. The maximum atomic E-state index is 12.9. The highest BCUT2D eigenvalue weighted by Gasteiger charge is 2.44. The lowest BCUT2D eigenvalue weighted by Crippen LogP contribution is -2.40. The summed E-state index contributed by atoms with van der Waals surface area (Å²) in [6.07, 6.45) is -1.43. The van der Waals surface area contributed by atoms with Gasteiger partial charge in [-0.05, 0) is 25.3 Å². The monoisotopic (exact) mass is 282 g/mol. The van der Waals surface area contributed by atoms with Crippen LogP contribution in [-0.2, 0) is 4.74 Å². The summed E-state index contributed by atoms with van der Waals surface area (Å²) in [7, 11) is 1.64. The van der Waals surface area contributed by atoms with E-state index >= 15 is 0 Å². The maximum Gasteiger partial charge on any atom is 0.392 e. The van der Waals surface area contributed by atoms with Gasteiger partial charge in [0.05, 0.1) is 12.5 Å². The third kappa shape index (κ3) is 6.58. The lowest BCUT2D eigenvalue weighted by molar-refractivity contribution is -0.195. The highest BCUT2D eigenvalue weighted by Crippen LogP contribution is 2.41. The maximum absolute atomic E-state index is 12.9. The molecule has 3 nitrogen and oxygen atoms in total. The number of hydrogen-bond acceptors (Lipinski definition) is 3. The number of ether oxygens (including phenoxy) is 1. The van der Waals surface area contributed by atoms with Crippen LogP contribution >= 0.6 is 0 Å². The first-order valence-electron chi connectivity index (χ1n) is 7.02. The first kappa shape index (κ1) is 16.7. The molecule has 0 aromatic rings. The Hall–Kier alpha value is -0.330. The van der Waals surface area contributed by atoms with Crippen LogP contribution in [0, 0.1) is 11.8 Å². The van der Waals surface area contributed by atoms with Crippen LogP contribution in [0.15, 0.2) is 0 Å². The molecule has 1 rings (SSSR count). The Balaban J connectivity index is 2.15. The number of methoxy groups -OCH3 is 1. The van der Waals surface area contributed by atoms with Gasteiger partial charge in [0.1, 0.15) is 0 Å². The van der Waals surface area contributed by atoms with Crippen molar-refractivity contribution in [1.29, 1.82) is 0 Å². The predicted octanol–water partition coefficient (Wildman–Crippen LogP) is 2.18. The van der Waals surface area contributed by atoms with Crippen LogP contribution in [0.25, 0.3) is 0 Å². The average Bonchev–Trinajstić information content (AvgIpc) is 2.37. The zero-order chi connectivity index (χ0) is 14.1. The summed E-state index contributed by atoms with van der Waals surface area (Å²) in [5.74, 6) is -1.37. The molecule has 0 aliphatic heterocycles. The molecule has 0 spiro atoms. The summed E-state index contributed by atoms with van der Waals surface area (Å²) in [4.78, 5) is 0. The minimum atomic E-state index is -4.04. The summed E-state index contributed by atoms with van der Waals surface area (Å²) >= 11 is 0. The van der Waals surface area contributed by atoms with E-state index in [1.54, 1.807) is 7.11 Å². The largest absolute Gasteiger partial charge is 0.392 e. The van der Waals surface area contributed by atoms with Crippen LogP contribution < -0.4 is 10.6 Å². The van der Waals surface area contributed by atoms with E-state index in [0.717, 1.165) is 19.5 Å². The summed E-state index contributed by atoms with van der Waals surface area (Å²) in [5, 5.41) is 6.29. The Morgan fingerprint density at radius 2 is 1.74 bits per heavy atom. The fourth-order valence-corrected chi connectivity index (χ4v) is 2.65. The van der Waals surface area contributed by atoms with Gasteiger partial charge in [0.25, 0.3) is 0 Å². The number of rotatable bonds is 8. The zero-order valence-corrected chi connectivity index (χ0v) is 11.6. The summed E-state index contributed by atoms with van der Waals surface area (Å²) in [5.41, 5.74) is 0. The van der Waals surface area contributed by atoms with Crippen molar-refractivity contribution in [2.45, 2.75) is 31.9 Å². The second kappa shape index (κ2) is 8.76. The molecule has 1 aliphatic carbocycles. The molecule has 2 unspecified atom stereocenters. The first-order chi connectivity index (χ1) is 9.05. The van der Waals surface area contributed by atoms with Crippen LogP contribution in [0.1, 0.15) is 25.7 Å². The Kier molecular flexibility index (Phi) is 7.71. The van der Waals surface area contributed by atoms with Crippen LogP contribution in [0.3, 0.4) is 0 Å². The normalized spacial score (nSPS) is 24.6. The zero-order valence-electron chi connectivity index (χ0n) is 11.6. The van der Waals surface area contributed by atoms with Crippen molar-refractivity contribution in [3.8, 4) is 0 Å². The van der Waals surface area contributed by atoms with E-state index in [2.05, 4.69) is 10.6 Å². The third-order valence-corrected chi connectivity index (χ3v) is 3.70. The van der Waals surface area contributed by atoms with Crippen LogP contribution in [-0.4, -0.2) is 46.1 Å². The second-order valence-electron chi connectivity index (χ2n) is 5.14. The SMILES string of the molecule is COCCNCCNCC1CCCCC1C(F)(F)F. The lowest BCUT2D eigenvalue weighted by atomic mass is 9.79. The molecule has 0 aromatic heterocycles. The van der Waals surface area contributed by atoms with Gasteiger partial charge in [-0.15, -0.1) is 0 Å². The van der Waals surface area contributed by atoms with Crippen LogP contribution in [0.5, 0.6) is 0 Å². The van der Waals surface area contributed by atoms with Crippen molar-refractivity contribution in [3.63, 3.8) is 0 Å². The van der Waals surface area contributed by atoms with E-state index in [-0.39, 0.29) is 5.92 Å². The fourth-order valence-electron chi connectivity index (χ4n) is 2.65. The van der Waals surface area contributed by atoms with E-state index in [9.17, 15) is 13.2 Å². The van der Waals surface area contributed by atoms with Gasteiger partial charge < -0.3 is 15.4 Å². The molecule has 1 saturated carbocycles. The lowest BCUT2D eigenvalue weighted by Gasteiger charge is -2.33. The van der Waals surface area contributed by atoms with E-state index in [0.29, 0.717) is 39.0 Å². The number of alkyl halides is 3. The van der Waals surface area contributed by atoms with Crippen molar-refractivity contribution in [1.82, 2.24) is 10.6 Å². The van der Waals surface area contributed by atoms with Gasteiger partial charge in [-0.1, -0.05) is 12.8 Å². The third-order valence-electron chi connectivity index (χ3n) is 3.70. The summed E-state index contributed by atoms with van der Waals surface area (Å²) < 4.78 is 43.4. The summed E-state index contributed by atoms with van der Waals surface area (Å²) in [6, 6.07) is 0. The second-order valence-corrected chi connectivity index (χ2v) is 5.14. The van der Waals surface area contributed by atoms with Crippen molar-refractivity contribution >= 4 is 0 Å². The van der Waals surface area contributed by atoms with E-state index in [4.69, 9.17) is 4.74 Å². The molecule has 0 radical (unpaired) electrons. The molecule has 0 aromatic carbocycles. The molecule has 114 valence electrons. The van der Waals surface area contributed by atoms with Crippen LogP contribution in [0.2, 0.25) is 0 Å². The number of hydrogen-bond donors (Lipinski definition) is 2. The summed E-state index contributed by atoms with van der Waals surface area (Å²) in [6.45, 7) is 3.35. The molecule has 1 fully saturated rings. The van der Waals surface area contributed by atoms with Gasteiger partial charge in [0.2, 0.25) is 0 Å². The molecule has 0 saturated heterocycles. The van der Waals surface area contributed by atoms with Crippen molar-refractivity contribution in [2.24, 2.45) is 11.8 Å². The van der Waals surface area contributed by atoms with Crippen LogP contribution in [0.4, 0.5) is 13.2 Å². The van der Waals surface area contributed by atoms with E-state index in [1.807, 2.05) is 0 Å². The highest BCUT2D eigenvalue weighted by atomic mass is 19.4. The minimum Gasteiger partial charge on any atom is -0.383 e. The van der Waals surface area contributed by atoms with Gasteiger partial charge in [0.15, 0.2) is 0 Å². The molecular weight excluding hydrogens is 257 g/mol. The molecule has 2 N–H and O–H groups in total. The molecule has 19 heavy (non-hydrogen) atoms. The first-order valence-corrected chi connectivity index (χ1v) is 7.02. The minimum absolute atomic E-state index is 0.257.